The minimum Gasteiger partial charge on any atom is -0.481 e. The number of rotatable bonds is 19. The van der Waals surface area contributed by atoms with Crippen LogP contribution in [0.2, 0.25) is 0 Å². The summed E-state index contributed by atoms with van der Waals surface area (Å²) in [4.78, 5) is 73.3. The van der Waals surface area contributed by atoms with Gasteiger partial charge in [-0.15, -0.1) is 0 Å². The molecule has 0 aromatic carbocycles. The Morgan fingerprint density at radius 3 is 1.74 bits per heavy atom. The first kappa shape index (κ1) is 35.7. The van der Waals surface area contributed by atoms with Crippen LogP contribution in [0.5, 0.6) is 0 Å². The van der Waals surface area contributed by atoms with Crippen LogP contribution in [-0.4, -0.2) is 105 Å². The quantitative estimate of drug-likeness (QED) is 0.0682. The van der Waals surface area contributed by atoms with Crippen LogP contribution >= 0.6 is 0 Å². The maximum absolute atomic E-state index is 13.0. The standard InChI is InChI=1S/C23H42N6O10/c1-11(2)18(22(37)27-14(23(38)39)6-4-5-9-24)29-19(34)13(7-8-16(32)33)26-20(35)15(10-30)28-21(36)17(25)12(3)31/h11-15,17-18,30-31H,4-10,24-25H2,1-3H3,(H,26,35)(H,27,37)(H,28,36)(H,29,34)(H,32,33)(H,38,39)/t12-,13+,14+,15+,17+,18+/m1/s1. The van der Waals surface area contributed by atoms with Crippen molar-refractivity contribution in [1.82, 2.24) is 21.3 Å². The topological polar surface area (TPSA) is 284 Å². The second kappa shape index (κ2) is 18.0. The Morgan fingerprint density at radius 1 is 0.744 bits per heavy atom. The van der Waals surface area contributed by atoms with Crippen LogP contribution in [0.3, 0.4) is 0 Å². The van der Waals surface area contributed by atoms with E-state index in [-0.39, 0.29) is 6.42 Å². The summed E-state index contributed by atoms with van der Waals surface area (Å²) in [5.41, 5.74) is 10.9. The van der Waals surface area contributed by atoms with Crippen LogP contribution in [0.1, 0.15) is 52.9 Å². The number of nitrogens with two attached hydrogens (primary N) is 2. The van der Waals surface area contributed by atoms with E-state index in [1.807, 2.05) is 0 Å². The van der Waals surface area contributed by atoms with Crippen molar-refractivity contribution in [1.29, 1.82) is 0 Å². The van der Waals surface area contributed by atoms with E-state index in [0.717, 1.165) is 0 Å². The molecule has 16 heteroatoms. The highest BCUT2D eigenvalue weighted by molar-refractivity contribution is 5.95. The zero-order valence-corrected chi connectivity index (χ0v) is 22.4. The van der Waals surface area contributed by atoms with Gasteiger partial charge in [0.25, 0.3) is 0 Å². The minimum atomic E-state index is -1.59. The number of hydrogen-bond acceptors (Lipinski definition) is 10. The van der Waals surface area contributed by atoms with E-state index in [9.17, 15) is 44.1 Å². The summed E-state index contributed by atoms with van der Waals surface area (Å²) < 4.78 is 0. The van der Waals surface area contributed by atoms with Crippen LogP contribution in [0, 0.1) is 5.92 Å². The molecule has 0 saturated carbocycles. The second-order valence-corrected chi connectivity index (χ2v) is 9.42. The van der Waals surface area contributed by atoms with Crippen molar-refractivity contribution < 1.29 is 49.2 Å². The zero-order chi connectivity index (χ0) is 30.3. The molecule has 12 N–H and O–H groups in total. The van der Waals surface area contributed by atoms with E-state index in [4.69, 9.17) is 16.6 Å². The Hall–Kier alpha value is -3.34. The number of aliphatic hydroxyl groups excluding tert-OH is 2. The van der Waals surface area contributed by atoms with Crippen LogP contribution in [0.15, 0.2) is 0 Å². The fourth-order valence-corrected chi connectivity index (χ4v) is 3.29. The maximum Gasteiger partial charge on any atom is 0.326 e. The molecule has 0 spiro atoms. The molecule has 0 aromatic rings. The lowest BCUT2D eigenvalue weighted by molar-refractivity contribution is -0.142. The number of nitrogens with one attached hydrogen (secondary N) is 4. The highest BCUT2D eigenvalue weighted by Crippen LogP contribution is 2.08. The molecule has 0 fully saturated rings. The number of aliphatic carboxylic acids is 2. The fraction of sp³-hybridized carbons (Fsp3) is 0.739. The second-order valence-electron chi connectivity index (χ2n) is 9.42. The molecule has 0 bridgehead atoms. The zero-order valence-electron chi connectivity index (χ0n) is 22.4. The number of carboxylic acid groups (broad SMARTS) is 2. The lowest BCUT2D eigenvalue weighted by Crippen LogP contribution is -2.60. The van der Waals surface area contributed by atoms with Gasteiger partial charge in [0.1, 0.15) is 30.2 Å². The Balaban J connectivity index is 5.64. The first-order valence-electron chi connectivity index (χ1n) is 12.6. The van der Waals surface area contributed by atoms with Crippen molar-refractivity contribution in [3.8, 4) is 0 Å². The van der Waals surface area contributed by atoms with E-state index < -0.39 is 97.2 Å². The monoisotopic (exact) mass is 562 g/mol. The van der Waals surface area contributed by atoms with E-state index in [2.05, 4.69) is 21.3 Å². The smallest absolute Gasteiger partial charge is 0.326 e. The molecule has 0 aliphatic heterocycles. The molecule has 0 rings (SSSR count). The third-order valence-corrected chi connectivity index (χ3v) is 5.73. The number of amides is 4. The Morgan fingerprint density at radius 2 is 1.28 bits per heavy atom. The largest absolute Gasteiger partial charge is 0.481 e. The predicted octanol–water partition coefficient (Wildman–Crippen LogP) is -3.64. The number of aliphatic hydroxyl groups is 2. The van der Waals surface area contributed by atoms with E-state index in [1.54, 1.807) is 13.8 Å². The number of hydrogen-bond donors (Lipinski definition) is 10. The third-order valence-electron chi connectivity index (χ3n) is 5.73. The molecule has 0 unspecified atom stereocenters. The van der Waals surface area contributed by atoms with Crippen LogP contribution in [-0.2, 0) is 28.8 Å². The Kier molecular flexibility index (Phi) is 16.5. The molecule has 0 saturated heterocycles. The van der Waals surface area contributed by atoms with Crippen molar-refractivity contribution in [2.24, 2.45) is 17.4 Å². The third kappa shape index (κ3) is 13.3. The average Bonchev–Trinajstić information content (AvgIpc) is 2.85. The number of unbranched alkanes of at least 4 members (excludes halogenated alkanes) is 1. The van der Waals surface area contributed by atoms with Gasteiger partial charge in [-0.05, 0) is 45.1 Å². The van der Waals surface area contributed by atoms with E-state index in [1.165, 1.54) is 6.92 Å². The van der Waals surface area contributed by atoms with Crippen molar-refractivity contribution in [2.45, 2.75) is 89.2 Å². The molecule has 6 atom stereocenters. The summed E-state index contributed by atoms with van der Waals surface area (Å²) in [6, 6.07) is -6.97. The molecule has 0 heterocycles. The predicted molar refractivity (Wildman–Crippen MR) is 137 cm³/mol. The molecular formula is C23H42N6O10. The highest BCUT2D eigenvalue weighted by atomic mass is 16.4. The van der Waals surface area contributed by atoms with Gasteiger partial charge < -0.3 is 53.2 Å². The first-order valence-corrected chi connectivity index (χ1v) is 12.6. The van der Waals surface area contributed by atoms with Gasteiger partial charge in [-0.2, -0.15) is 0 Å². The van der Waals surface area contributed by atoms with Gasteiger partial charge in [0, 0.05) is 6.42 Å². The van der Waals surface area contributed by atoms with Gasteiger partial charge in [0.05, 0.1) is 12.7 Å². The fourth-order valence-electron chi connectivity index (χ4n) is 3.29. The Labute approximate surface area is 226 Å². The normalized spacial score (nSPS) is 15.7. The molecule has 0 aromatic heterocycles. The van der Waals surface area contributed by atoms with Gasteiger partial charge in [0.15, 0.2) is 0 Å². The summed E-state index contributed by atoms with van der Waals surface area (Å²) in [5.74, 6) is -6.83. The van der Waals surface area contributed by atoms with Crippen molar-refractivity contribution >= 4 is 35.6 Å². The molecular weight excluding hydrogens is 520 g/mol. The van der Waals surface area contributed by atoms with Gasteiger partial charge in [0.2, 0.25) is 23.6 Å². The van der Waals surface area contributed by atoms with Crippen LogP contribution in [0.25, 0.3) is 0 Å². The van der Waals surface area contributed by atoms with Crippen LogP contribution < -0.4 is 32.7 Å². The minimum absolute atomic E-state index is 0.112. The molecule has 4 amide bonds. The maximum atomic E-state index is 13.0. The summed E-state index contributed by atoms with van der Waals surface area (Å²) >= 11 is 0. The first-order chi connectivity index (χ1) is 18.2. The summed E-state index contributed by atoms with van der Waals surface area (Å²) in [5, 5.41) is 46.6. The summed E-state index contributed by atoms with van der Waals surface area (Å²) in [7, 11) is 0. The van der Waals surface area contributed by atoms with Crippen molar-refractivity contribution in [3.63, 3.8) is 0 Å². The number of carboxylic acids is 2. The van der Waals surface area contributed by atoms with E-state index in [0.29, 0.717) is 19.4 Å². The summed E-state index contributed by atoms with van der Waals surface area (Å²) in [6.45, 7) is 3.85. The van der Waals surface area contributed by atoms with Gasteiger partial charge in [-0.3, -0.25) is 24.0 Å². The van der Waals surface area contributed by atoms with Crippen molar-refractivity contribution in [3.05, 3.63) is 0 Å². The summed E-state index contributed by atoms with van der Waals surface area (Å²) in [6.07, 6.45) is -1.11. The highest BCUT2D eigenvalue weighted by Gasteiger charge is 2.33. The molecule has 39 heavy (non-hydrogen) atoms. The molecule has 0 aliphatic rings. The average molecular weight is 563 g/mol. The number of carbonyl (C=O) groups is 6. The lowest BCUT2D eigenvalue weighted by atomic mass is 10.0. The SMILES string of the molecule is CC(C)[C@H](NC(=O)[C@H](CCC(=O)O)NC(=O)[C@H](CO)NC(=O)[C@@H](N)[C@@H](C)O)C(=O)N[C@@H](CCCCN)C(=O)O. The molecule has 0 aliphatic carbocycles. The van der Waals surface area contributed by atoms with Crippen molar-refractivity contribution in [2.75, 3.05) is 13.2 Å². The Bertz CT molecular complexity index is 853. The van der Waals surface area contributed by atoms with Crippen LogP contribution in [0.4, 0.5) is 0 Å². The van der Waals surface area contributed by atoms with Gasteiger partial charge in [-0.1, -0.05) is 13.8 Å². The van der Waals surface area contributed by atoms with Gasteiger partial charge >= 0.3 is 11.9 Å². The van der Waals surface area contributed by atoms with Gasteiger partial charge in [-0.25, -0.2) is 4.79 Å². The molecule has 224 valence electrons. The van der Waals surface area contributed by atoms with E-state index >= 15 is 0 Å². The molecule has 16 nitrogen and oxygen atoms in total. The molecule has 0 radical (unpaired) electrons. The number of carbonyl (C=O) groups excluding carboxylic acids is 4. The lowest BCUT2D eigenvalue weighted by Gasteiger charge is -2.27.